The van der Waals surface area contributed by atoms with Gasteiger partial charge in [-0.25, -0.2) is 0 Å². The van der Waals surface area contributed by atoms with Crippen molar-refractivity contribution in [1.82, 2.24) is 0 Å². The van der Waals surface area contributed by atoms with Gasteiger partial charge in [0.2, 0.25) is 0 Å². The Hall–Kier alpha value is 0.0900. The lowest BCUT2D eigenvalue weighted by Gasteiger charge is -1.57. The third-order valence-electron chi connectivity index (χ3n) is 0.767. The summed E-state index contributed by atoms with van der Waals surface area (Å²) in [6.07, 6.45) is 1.14. The Balaban J connectivity index is 2.47. The van der Waals surface area contributed by atoms with Crippen LogP contribution in [-0.2, 0) is 0 Å². The first-order valence-corrected chi connectivity index (χ1v) is 2.18. The lowest BCUT2D eigenvalue weighted by atomic mass is 10.7. The molecule has 0 bridgehead atoms. The van der Waals surface area contributed by atoms with Crippen molar-refractivity contribution < 1.29 is 0 Å². The molecule has 0 saturated heterocycles. The molecular formula is C4H6S. The monoisotopic (exact) mass is 86.0 g/mol. The van der Waals surface area contributed by atoms with Crippen molar-refractivity contribution >= 4 is 12.6 Å². The van der Waals surface area contributed by atoms with Crippen LogP contribution < -0.4 is 0 Å². The Bertz CT molecular complexity index is 66.0. The molecule has 0 aliphatic heterocycles. The lowest BCUT2D eigenvalue weighted by Crippen LogP contribution is -1.49. The minimum atomic E-state index is 0.551. The fourth-order valence-corrected chi connectivity index (χ4v) is 0.424. The fraction of sp³-hybridized carbons (Fsp3) is 0.500. The van der Waals surface area contributed by atoms with E-state index in [0.29, 0.717) is 5.25 Å². The molecule has 0 radical (unpaired) electrons. The molecule has 0 heterocycles. The summed E-state index contributed by atoms with van der Waals surface area (Å²) in [4.78, 5) is 0. The normalized spacial score (nSPS) is 34.6. The van der Waals surface area contributed by atoms with Gasteiger partial charge in [-0.1, -0.05) is 12.2 Å². The van der Waals surface area contributed by atoms with Gasteiger partial charge in [-0.15, -0.1) is 0 Å². The summed E-state index contributed by atoms with van der Waals surface area (Å²) < 4.78 is 0. The zero-order chi connectivity index (χ0) is 3.86. The second-order valence-electron chi connectivity index (χ2n) is 1.38. The summed E-state index contributed by atoms with van der Waals surface area (Å²) >= 11 is 4.07. The van der Waals surface area contributed by atoms with Crippen molar-refractivity contribution in [3.05, 3.63) is 12.2 Å². The Morgan fingerprint density at radius 3 is 2.20 bits per heavy atom. The first-order chi connectivity index (χ1) is 2.30. The molecule has 0 aromatic heterocycles. The van der Waals surface area contributed by atoms with E-state index >= 15 is 0 Å². The van der Waals surface area contributed by atoms with Crippen LogP contribution >= 0.6 is 12.6 Å². The van der Waals surface area contributed by atoms with Crippen LogP contribution in [-0.4, -0.2) is 5.25 Å². The first kappa shape index (κ1) is 3.29. The Labute approximate surface area is 37.3 Å². The SMILES string of the molecule is C=C1C[C@@H]1S. The summed E-state index contributed by atoms with van der Waals surface area (Å²) in [5.41, 5.74) is 1.29. The topological polar surface area (TPSA) is 0 Å². The fourth-order valence-electron chi connectivity index (χ4n) is 0.189. The van der Waals surface area contributed by atoms with E-state index in [0.717, 1.165) is 6.42 Å². The maximum absolute atomic E-state index is 4.07. The van der Waals surface area contributed by atoms with E-state index in [1.807, 2.05) is 0 Å². The van der Waals surface area contributed by atoms with Crippen LogP contribution in [0.4, 0.5) is 0 Å². The number of rotatable bonds is 0. The van der Waals surface area contributed by atoms with Crippen LogP contribution in [0.15, 0.2) is 12.2 Å². The van der Waals surface area contributed by atoms with Gasteiger partial charge in [-0.3, -0.25) is 0 Å². The molecule has 1 atom stereocenters. The number of hydrogen-bond acceptors (Lipinski definition) is 1. The van der Waals surface area contributed by atoms with E-state index in [2.05, 4.69) is 19.2 Å². The number of hydrogen-bond donors (Lipinski definition) is 1. The highest BCUT2D eigenvalue weighted by atomic mass is 32.1. The first-order valence-electron chi connectivity index (χ1n) is 1.66. The Morgan fingerprint density at radius 2 is 2.20 bits per heavy atom. The molecule has 1 heteroatoms. The van der Waals surface area contributed by atoms with Gasteiger partial charge in [0.25, 0.3) is 0 Å². The van der Waals surface area contributed by atoms with Gasteiger partial charge in [0.15, 0.2) is 0 Å². The van der Waals surface area contributed by atoms with Gasteiger partial charge in [-0.05, 0) is 6.42 Å². The maximum atomic E-state index is 4.07. The van der Waals surface area contributed by atoms with E-state index in [9.17, 15) is 0 Å². The van der Waals surface area contributed by atoms with Crippen molar-refractivity contribution in [2.45, 2.75) is 11.7 Å². The molecule has 0 nitrogen and oxygen atoms in total. The molecule has 28 valence electrons. The number of thiol groups is 1. The smallest absolute Gasteiger partial charge is 0.0261 e. The van der Waals surface area contributed by atoms with Crippen LogP contribution in [0.5, 0.6) is 0 Å². The summed E-state index contributed by atoms with van der Waals surface area (Å²) in [5.74, 6) is 0. The van der Waals surface area contributed by atoms with E-state index in [1.165, 1.54) is 5.57 Å². The third-order valence-corrected chi connectivity index (χ3v) is 1.31. The van der Waals surface area contributed by atoms with E-state index in [4.69, 9.17) is 0 Å². The van der Waals surface area contributed by atoms with Crippen LogP contribution in [0.2, 0.25) is 0 Å². The van der Waals surface area contributed by atoms with Gasteiger partial charge in [0, 0.05) is 5.25 Å². The lowest BCUT2D eigenvalue weighted by molar-refractivity contribution is 1.53. The summed E-state index contributed by atoms with van der Waals surface area (Å²) in [7, 11) is 0. The maximum Gasteiger partial charge on any atom is 0.0261 e. The molecule has 5 heavy (non-hydrogen) atoms. The average Bonchev–Trinajstić information content (AvgIpc) is 1.79. The van der Waals surface area contributed by atoms with Crippen LogP contribution in [0.1, 0.15) is 6.42 Å². The van der Waals surface area contributed by atoms with Crippen LogP contribution in [0.3, 0.4) is 0 Å². The van der Waals surface area contributed by atoms with Gasteiger partial charge in [-0.2, -0.15) is 12.6 Å². The summed E-state index contributed by atoms with van der Waals surface area (Å²) in [6.45, 7) is 3.67. The van der Waals surface area contributed by atoms with Gasteiger partial charge in [0.05, 0.1) is 0 Å². The molecule has 0 aromatic rings. The standard InChI is InChI=1S/C4H6S/c1-3-2-4(3)5/h4-5H,1-2H2/t4-/m0/s1. The highest BCUT2D eigenvalue weighted by molar-refractivity contribution is 7.81. The predicted molar refractivity (Wildman–Crippen MR) is 26.5 cm³/mol. The molecule has 0 N–H and O–H groups in total. The minimum absolute atomic E-state index is 0.551. The molecule has 1 fully saturated rings. The quantitative estimate of drug-likeness (QED) is 0.333. The molecule has 1 rings (SSSR count). The molecule has 1 aliphatic rings. The van der Waals surface area contributed by atoms with Gasteiger partial charge >= 0.3 is 0 Å². The van der Waals surface area contributed by atoms with Gasteiger partial charge < -0.3 is 0 Å². The van der Waals surface area contributed by atoms with Gasteiger partial charge in [0.1, 0.15) is 0 Å². The Morgan fingerprint density at radius 1 is 2.00 bits per heavy atom. The highest BCUT2D eigenvalue weighted by Gasteiger charge is 2.21. The molecule has 1 aliphatic carbocycles. The zero-order valence-corrected chi connectivity index (χ0v) is 3.83. The van der Waals surface area contributed by atoms with E-state index in [1.54, 1.807) is 0 Å². The predicted octanol–water partition coefficient (Wildman–Crippen LogP) is 1.24. The Kier molecular flexibility index (Phi) is 0.511. The van der Waals surface area contributed by atoms with Crippen molar-refractivity contribution in [3.63, 3.8) is 0 Å². The second kappa shape index (κ2) is 0.777. The summed E-state index contributed by atoms with van der Waals surface area (Å²) in [5, 5.41) is 0.551. The van der Waals surface area contributed by atoms with E-state index in [-0.39, 0.29) is 0 Å². The summed E-state index contributed by atoms with van der Waals surface area (Å²) in [6, 6.07) is 0. The van der Waals surface area contributed by atoms with Crippen molar-refractivity contribution in [2.24, 2.45) is 0 Å². The third kappa shape index (κ3) is 0.482. The zero-order valence-electron chi connectivity index (χ0n) is 2.94. The molecule has 0 unspecified atom stereocenters. The molecule has 1 saturated carbocycles. The molecule has 0 amide bonds. The molecule has 0 aromatic carbocycles. The van der Waals surface area contributed by atoms with E-state index < -0.39 is 0 Å². The second-order valence-corrected chi connectivity index (χ2v) is 2.00. The highest BCUT2D eigenvalue weighted by Crippen LogP contribution is 2.31. The van der Waals surface area contributed by atoms with Crippen molar-refractivity contribution in [3.8, 4) is 0 Å². The molecule has 0 spiro atoms. The average molecular weight is 86.2 g/mol. The minimum Gasteiger partial charge on any atom is -0.171 e. The van der Waals surface area contributed by atoms with Crippen molar-refractivity contribution in [1.29, 1.82) is 0 Å². The van der Waals surface area contributed by atoms with Crippen molar-refractivity contribution in [2.75, 3.05) is 0 Å². The molecular weight excluding hydrogens is 80.1 g/mol. The van der Waals surface area contributed by atoms with Crippen LogP contribution in [0, 0.1) is 0 Å². The largest absolute Gasteiger partial charge is 0.171 e. The van der Waals surface area contributed by atoms with Crippen LogP contribution in [0.25, 0.3) is 0 Å².